The zero-order valence-corrected chi connectivity index (χ0v) is 16.2. The minimum Gasteiger partial charge on any atom is -0.382 e. The monoisotopic (exact) mass is 359 g/mol. The third kappa shape index (κ3) is 12.9. The van der Waals surface area contributed by atoms with E-state index in [4.69, 9.17) is 22.1 Å². The predicted octanol–water partition coefficient (Wildman–Crippen LogP) is 1.33. The molecule has 0 heterocycles. The Balaban J connectivity index is 4.11. The first-order valence-corrected chi connectivity index (χ1v) is 9.88. The molecule has 0 aliphatic carbocycles. The van der Waals surface area contributed by atoms with Crippen molar-refractivity contribution in [2.24, 2.45) is 5.92 Å². The van der Waals surface area contributed by atoms with E-state index in [1.54, 1.807) is 12.0 Å². The molecule has 1 amide bonds. The van der Waals surface area contributed by atoms with E-state index in [9.17, 15) is 9.59 Å². The lowest BCUT2D eigenvalue weighted by molar-refractivity contribution is -0.134. The van der Waals surface area contributed by atoms with Gasteiger partial charge in [-0.25, -0.2) is 0 Å². The zero-order chi connectivity index (χ0) is 18.2. The fraction of sp³-hybridized carbons (Fsp3) is 0.875. The first-order valence-electron chi connectivity index (χ1n) is 8.38. The van der Waals surface area contributed by atoms with Gasteiger partial charge in [-0.1, -0.05) is 28.2 Å². The molecular weight excluding hydrogens is 328 g/mol. The van der Waals surface area contributed by atoms with Gasteiger partial charge in [0.2, 0.25) is 5.91 Å². The van der Waals surface area contributed by atoms with E-state index >= 15 is 0 Å². The number of methoxy groups -OCH3 is 1. The van der Waals surface area contributed by atoms with Crippen molar-refractivity contribution in [2.45, 2.75) is 26.1 Å². The van der Waals surface area contributed by atoms with Crippen LogP contribution >= 0.6 is 8.58 Å². The van der Waals surface area contributed by atoms with E-state index in [-0.39, 0.29) is 32.5 Å². The van der Waals surface area contributed by atoms with Gasteiger partial charge in [0.25, 0.3) is 0 Å². The van der Waals surface area contributed by atoms with Gasteiger partial charge in [0.05, 0.1) is 47.4 Å². The molecule has 24 heavy (non-hydrogen) atoms. The number of hydrogen-bond donors (Lipinski definition) is 0. The Morgan fingerprint density at radius 3 is 2.46 bits per heavy atom. The summed E-state index contributed by atoms with van der Waals surface area (Å²) < 4.78 is 15.8. The normalized spacial score (nSPS) is 12.6. The summed E-state index contributed by atoms with van der Waals surface area (Å²) in [6, 6.07) is 0. The average Bonchev–Trinajstić information content (AvgIpc) is 2.58. The van der Waals surface area contributed by atoms with Crippen LogP contribution < -0.4 is 0 Å². The van der Waals surface area contributed by atoms with Crippen molar-refractivity contribution in [3.63, 3.8) is 0 Å². The molecule has 0 aliphatic rings. The first kappa shape index (κ1) is 23.5. The quantitative estimate of drug-likeness (QED) is 0.236. The van der Waals surface area contributed by atoms with E-state index in [2.05, 4.69) is 0 Å². The molecule has 0 N–H and O–H groups in total. The molecule has 2 radical (unpaired) electrons. The molecule has 0 aliphatic heterocycles. The van der Waals surface area contributed by atoms with Gasteiger partial charge in [0, 0.05) is 20.1 Å². The molecule has 0 aromatic carbocycles. The number of ether oxygens (including phenoxy) is 3. The number of carbonyl (C=O) groups excluding carboxylic acids is 2. The van der Waals surface area contributed by atoms with Crippen molar-refractivity contribution in [3.05, 3.63) is 0 Å². The van der Waals surface area contributed by atoms with Gasteiger partial charge in [-0.05, 0) is 12.6 Å². The molecular formula is C16H31BNO5P. The van der Waals surface area contributed by atoms with Crippen molar-refractivity contribution >= 4 is 27.9 Å². The Bertz CT molecular complexity index is 346. The highest BCUT2D eigenvalue weighted by Gasteiger charge is 2.18. The Labute approximate surface area is 149 Å². The SMILES string of the molecule is [B]CCCC(=O)N(CC(=O)PC)CC(C)COCCOCCOC. The molecule has 0 saturated heterocycles. The topological polar surface area (TPSA) is 65.1 Å². The van der Waals surface area contributed by atoms with Gasteiger partial charge < -0.3 is 19.1 Å². The van der Waals surface area contributed by atoms with Gasteiger partial charge in [-0.3, -0.25) is 9.59 Å². The minimum absolute atomic E-state index is 0.0122. The number of hydrogen-bond acceptors (Lipinski definition) is 5. The average molecular weight is 359 g/mol. The fourth-order valence-electron chi connectivity index (χ4n) is 1.99. The Morgan fingerprint density at radius 1 is 1.17 bits per heavy atom. The maximum absolute atomic E-state index is 12.2. The van der Waals surface area contributed by atoms with E-state index in [0.717, 1.165) is 0 Å². The molecule has 0 aromatic heterocycles. The Kier molecular flexibility index (Phi) is 15.7. The van der Waals surface area contributed by atoms with Gasteiger partial charge in [0.1, 0.15) is 0 Å². The lowest BCUT2D eigenvalue weighted by atomic mass is 10.00. The van der Waals surface area contributed by atoms with Crippen LogP contribution in [0.15, 0.2) is 0 Å². The summed E-state index contributed by atoms with van der Waals surface area (Å²) in [7, 11) is 7.29. The number of carbonyl (C=O) groups is 2. The highest BCUT2D eigenvalue weighted by molar-refractivity contribution is 7.57. The summed E-state index contributed by atoms with van der Waals surface area (Å²) in [5.41, 5.74) is 0.0933. The van der Waals surface area contributed by atoms with Crippen molar-refractivity contribution < 1.29 is 23.8 Å². The molecule has 6 nitrogen and oxygen atoms in total. The number of rotatable bonds is 16. The van der Waals surface area contributed by atoms with Crippen LogP contribution in [0.3, 0.4) is 0 Å². The van der Waals surface area contributed by atoms with Crippen LogP contribution in [0.2, 0.25) is 6.32 Å². The second kappa shape index (κ2) is 16.0. The maximum Gasteiger partial charge on any atom is 0.222 e. The third-order valence-electron chi connectivity index (χ3n) is 3.30. The second-order valence-electron chi connectivity index (χ2n) is 5.62. The zero-order valence-electron chi connectivity index (χ0n) is 15.2. The molecule has 0 bridgehead atoms. The lowest BCUT2D eigenvalue weighted by Crippen LogP contribution is -2.38. The highest BCUT2D eigenvalue weighted by atomic mass is 31.1. The summed E-state index contributed by atoms with van der Waals surface area (Å²) in [5, 5.41) is 0. The van der Waals surface area contributed by atoms with Crippen LogP contribution in [0.4, 0.5) is 0 Å². The van der Waals surface area contributed by atoms with Crippen molar-refractivity contribution in [1.29, 1.82) is 0 Å². The van der Waals surface area contributed by atoms with Gasteiger partial charge in [-0.2, -0.15) is 0 Å². The molecule has 0 spiro atoms. The summed E-state index contributed by atoms with van der Waals surface area (Å²) >= 11 is 0. The van der Waals surface area contributed by atoms with E-state index < -0.39 is 0 Å². The van der Waals surface area contributed by atoms with Gasteiger partial charge >= 0.3 is 0 Å². The molecule has 0 saturated carbocycles. The molecule has 8 heteroatoms. The van der Waals surface area contributed by atoms with Crippen LogP contribution in [0.1, 0.15) is 19.8 Å². The summed E-state index contributed by atoms with van der Waals surface area (Å²) in [4.78, 5) is 25.6. The highest BCUT2D eigenvalue weighted by Crippen LogP contribution is 2.11. The van der Waals surface area contributed by atoms with E-state index in [1.165, 1.54) is 0 Å². The van der Waals surface area contributed by atoms with Crippen LogP contribution in [-0.4, -0.2) is 84.1 Å². The van der Waals surface area contributed by atoms with Gasteiger partial charge in [-0.15, -0.1) is 0 Å². The summed E-state index contributed by atoms with van der Waals surface area (Å²) in [6.07, 6.45) is 1.50. The second-order valence-corrected chi connectivity index (χ2v) is 6.68. The summed E-state index contributed by atoms with van der Waals surface area (Å²) in [5.74, 6) is 0.139. The van der Waals surface area contributed by atoms with Crippen LogP contribution in [0.25, 0.3) is 0 Å². The molecule has 2 atom stereocenters. The minimum atomic E-state index is -0.0122. The predicted molar refractivity (Wildman–Crippen MR) is 98.3 cm³/mol. The van der Waals surface area contributed by atoms with E-state index in [0.29, 0.717) is 58.7 Å². The van der Waals surface area contributed by atoms with Crippen molar-refractivity contribution in [3.8, 4) is 0 Å². The Morgan fingerprint density at radius 2 is 1.83 bits per heavy atom. The fourth-order valence-corrected chi connectivity index (χ4v) is 2.34. The van der Waals surface area contributed by atoms with Crippen LogP contribution in [0, 0.1) is 5.92 Å². The smallest absolute Gasteiger partial charge is 0.222 e. The summed E-state index contributed by atoms with van der Waals surface area (Å²) in [6.45, 7) is 7.22. The van der Waals surface area contributed by atoms with Gasteiger partial charge in [0.15, 0.2) is 5.52 Å². The lowest BCUT2D eigenvalue weighted by Gasteiger charge is -2.25. The van der Waals surface area contributed by atoms with Crippen molar-refractivity contribution in [1.82, 2.24) is 4.90 Å². The number of nitrogens with zero attached hydrogens (tertiary/aromatic N) is 1. The maximum atomic E-state index is 12.2. The van der Waals surface area contributed by atoms with Crippen LogP contribution in [-0.2, 0) is 23.8 Å². The third-order valence-corrected chi connectivity index (χ3v) is 4.01. The molecule has 0 rings (SSSR count). The van der Waals surface area contributed by atoms with Crippen molar-refractivity contribution in [2.75, 3.05) is 59.9 Å². The Hall–Kier alpha value is -0.485. The van der Waals surface area contributed by atoms with E-state index in [1.807, 2.05) is 13.6 Å². The first-order chi connectivity index (χ1) is 11.5. The molecule has 138 valence electrons. The van der Waals surface area contributed by atoms with Crippen LogP contribution in [0.5, 0.6) is 0 Å². The standard InChI is InChI=1S/C16H31BNO5P/c1-14(13-23-10-9-22-8-7-21-2)11-18(12-16(20)24-3)15(19)5-4-6-17/h14,24H,4-13H2,1-3H3. The number of amides is 1. The molecule has 0 aromatic rings. The largest absolute Gasteiger partial charge is 0.382 e. The molecule has 2 unspecified atom stereocenters. The molecule has 0 fully saturated rings.